The molecule has 0 spiro atoms. The normalized spacial score (nSPS) is 14.9. The molecule has 5 rings (SSSR count). The lowest BCUT2D eigenvalue weighted by molar-refractivity contribution is -0.138. The van der Waals surface area contributed by atoms with Crippen LogP contribution in [0.1, 0.15) is 34.2 Å². The van der Waals surface area contributed by atoms with Gasteiger partial charge in [0.15, 0.2) is 23.3 Å². The van der Waals surface area contributed by atoms with Gasteiger partial charge in [-0.25, -0.2) is 0 Å². The van der Waals surface area contributed by atoms with E-state index in [0.717, 1.165) is 16.8 Å². The van der Waals surface area contributed by atoms with Crippen LogP contribution in [0.2, 0.25) is 0 Å². The summed E-state index contributed by atoms with van der Waals surface area (Å²) < 4.78 is 18.3. The molecule has 0 fully saturated rings. The first-order chi connectivity index (χ1) is 16.5. The van der Waals surface area contributed by atoms with Crippen LogP contribution in [0.4, 0.5) is 0 Å². The molecule has 1 N–H and O–H groups in total. The van der Waals surface area contributed by atoms with Gasteiger partial charge in [-0.15, -0.1) is 0 Å². The third-order valence-electron chi connectivity index (χ3n) is 6.06. The van der Waals surface area contributed by atoms with E-state index in [-0.39, 0.29) is 18.6 Å². The van der Waals surface area contributed by atoms with Crippen molar-refractivity contribution in [3.8, 4) is 17.2 Å². The molecule has 0 bridgehead atoms. The second-order valence-corrected chi connectivity index (χ2v) is 8.35. The van der Waals surface area contributed by atoms with Crippen molar-refractivity contribution in [3.05, 3.63) is 71.0 Å². The molecule has 9 nitrogen and oxygen atoms in total. The van der Waals surface area contributed by atoms with E-state index in [2.05, 4.69) is 10.4 Å². The minimum Gasteiger partial charge on any atom is -0.481 e. The summed E-state index contributed by atoms with van der Waals surface area (Å²) in [6, 6.07) is 14.8. The lowest BCUT2D eigenvalue weighted by Crippen LogP contribution is -2.43. The number of carbonyl (C=O) groups is 2. The molecule has 2 aliphatic heterocycles. The Balaban J connectivity index is 1.26. The first kappa shape index (κ1) is 21.8. The van der Waals surface area contributed by atoms with Crippen molar-refractivity contribution in [3.63, 3.8) is 0 Å². The Hall–Kier alpha value is -4.01. The lowest BCUT2D eigenvalue weighted by Gasteiger charge is -2.30. The number of para-hydroxylation sites is 1. The molecule has 0 unspecified atom stereocenters. The SMILES string of the molecule is C[C@H](Oc1ccccc1)C(=O)N1CCc2c(c(C(=O)NCc3ccc4c(c3)OCO4)nn2C)C1. The van der Waals surface area contributed by atoms with Gasteiger partial charge in [0.2, 0.25) is 6.79 Å². The molecule has 1 aromatic heterocycles. The molecule has 9 heteroatoms. The number of fused-ring (bicyclic) bond motifs is 2. The zero-order chi connectivity index (χ0) is 23.7. The summed E-state index contributed by atoms with van der Waals surface area (Å²) in [6.45, 7) is 3.14. The van der Waals surface area contributed by atoms with Crippen LogP contribution in [0.15, 0.2) is 48.5 Å². The molecule has 2 amide bonds. The standard InChI is InChI=1S/C25H26N4O5/c1-16(34-18-6-4-3-5-7-18)25(31)29-11-10-20-19(14-29)23(27-28(20)2)24(30)26-13-17-8-9-21-22(12-17)33-15-32-21/h3-9,12,16H,10-11,13-15H2,1-2H3,(H,26,30)/t16-/m0/s1. The molecular formula is C25H26N4O5. The Morgan fingerprint density at radius 3 is 2.76 bits per heavy atom. The molecule has 0 radical (unpaired) electrons. The second-order valence-electron chi connectivity index (χ2n) is 8.35. The van der Waals surface area contributed by atoms with Crippen LogP contribution in [0, 0.1) is 0 Å². The smallest absolute Gasteiger partial charge is 0.272 e. The third-order valence-corrected chi connectivity index (χ3v) is 6.06. The maximum atomic E-state index is 13.1. The van der Waals surface area contributed by atoms with Gasteiger partial charge in [-0.2, -0.15) is 5.10 Å². The lowest BCUT2D eigenvalue weighted by atomic mass is 10.0. The topological polar surface area (TPSA) is 94.9 Å². The summed E-state index contributed by atoms with van der Waals surface area (Å²) >= 11 is 0. The number of rotatable bonds is 6. The molecule has 176 valence electrons. The van der Waals surface area contributed by atoms with E-state index in [1.807, 2.05) is 55.6 Å². The zero-order valence-corrected chi connectivity index (χ0v) is 19.1. The monoisotopic (exact) mass is 462 g/mol. The summed E-state index contributed by atoms with van der Waals surface area (Å²) in [5, 5.41) is 7.39. The molecule has 2 aliphatic rings. The number of aryl methyl sites for hydroxylation is 1. The van der Waals surface area contributed by atoms with Gasteiger partial charge in [0.1, 0.15) is 5.75 Å². The van der Waals surface area contributed by atoms with Crippen molar-refractivity contribution in [2.24, 2.45) is 7.05 Å². The van der Waals surface area contributed by atoms with E-state index in [0.29, 0.717) is 49.0 Å². The molecular weight excluding hydrogens is 436 g/mol. The Bertz CT molecular complexity index is 1220. The van der Waals surface area contributed by atoms with E-state index in [9.17, 15) is 9.59 Å². The molecule has 3 aromatic rings. The number of aromatic nitrogens is 2. The fourth-order valence-electron chi connectivity index (χ4n) is 4.29. The largest absolute Gasteiger partial charge is 0.481 e. The predicted molar refractivity (Wildman–Crippen MR) is 123 cm³/mol. The molecule has 34 heavy (non-hydrogen) atoms. The fraction of sp³-hybridized carbons (Fsp3) is 0.320. The highest BCUT2D eigenvalue weighted by Crippen LogP contribution is 2.32. The number of amides is 2. The Morgan fingerprint density at radius 1 is 1.15 bits per heavy atom. The van der Waals surface area contributed by atoms with E-state index < -0.39 is 6.10 Å². The minimum atomic E-state index is -0.635. The van der Waals surface area contributed by atoms with Crippen LogP contribution in [0.3, 0.4) is 0 Å². The van der Waals surface area contributed by atoms with E-state index >= 15 is 0 Å². The quantitative estimate of drug-likeness (QED) is 0.605. The Morgan fingerprint density at radius 2 is 1.94 bits per heavy atom. The second kappa shape index (κ2) is 9.09. The van der Waals surface area contributed by atoms with Gasteiger partial charge in [-0.1, -0.05) is 24.3 Å². The van der Waals surface area contributed by atoms with Gasteiger partial charge in [0.05, 0.1) is 0 Å². The molecule has 0 aliphatic carbocycles. The van der Waals surface area contributed by atoms with Crippen LogP contribution in [0.5, 0.6) is 17.2 Å². The molecule has 0 saturated heterocycles. The van der Waals surface area contributed by atoms with Crippen molar-refractivity contribution in [1.29, 1.82) is 0 Å². The van der Waals surface area contributed by atoms with Gasteiger partial charge in [0.25, 0.3) is 11.8 Å². The van der Waals surface area contributed by atoms with E-state index in [4.69, 9.17) is 14.2 Å². The third kappa shape index (κ3) is 4.28. The van der Waals surface area contributed by atoms with Gasteiger partial charge in [-0.3, -0.25) is 14.3 Å². The molecule has 1 atom stereocenters. The Labute approximate surface area is 197 Å². The van der Waals surface area contributed by atoms with Crippen molar-refractivity contribution in [2.75, 3.05) is 13.3 Å². The van der Waals surface area contributed by atoms with Crippen molar-refractivity contribution in [1.82, 2.24) is 20.0 Å². The van der Waals surface area contributed by atoms with Crippen LogP contribution in [0.25, 0.3) is 0 Å². The number of hydrogen-bond acceptors (Lipinski definition) is 6. The maximum absolute atomic E-state index is 13.1. The van der Waals surface area contributed by atoms with E-state index in [1.54, 1.807) is 16.5 Å². The first-order valence-corrected chi connectivity index (χ1v) is 11.2. The van der Waals surface area contributed by atoms with Gasteiger partial charge < -0.3 is 24.4 Å². The highest BCUT2D eigenvalue weighted by molar-refractivity contribution is 5.94. The summed E-state index contributed by atoms with van der Waals surface area (Å²) in [5.74, 6) is 1.61. The predicted octanol–water partition coefficient (Wildman–Crippen LogP) is 2.43. The molecule has 0 saturated carbocycles. The van der Waals surface area contributed by atoms with Crippen molar-refractivity contribution in [2.45, 2.75) is 32.5 Å². The van der Waals surface area contributed by atoms with Crippen molar-refractivity contribution >= 4 is 11.8 Å². The van der Waals surface area contributed by atoms with Crippen LogP contribution >= 0.6 is 0 Å². The number of carbonyl (C=O) groups excluding carboxylic acids is 2. The number of ether oxygens (including phenoxy) is 3. The van der Waals surface area contributed by atoms with Gasteiger partial charge in [-0.05, 0) is 36.8 Å². The highest BCUT2D eigenvalue weighted by atomic mass is 16.7. The summed E-state index contributed by atoms with van der Waals surface area (Å²) in [6.07, 6.45) is -0.0122. The zero-order valence-electron chi connectivity index (χ0n) is 19.1. The average molecular weight is 463 g/mol. The van der Waals surface area contributed by atoms with Gasteiger partial charge in [0, 0.05) is 44.4 Å². The van der Waals surface area contributed by atoms with Gasteiger partial charge >= 0.3 is 0 Å². The Kier molecular flexibility index (Phi) is 5.83. The summed E-state index contributed by atoms with van der Waals surface area (Å²) in [5.41, 5.74) is 2.98. The number of hydrogen-bond donors (Lipinski definition) is 1. The average Bonchev–Trinajstić information content (AvgIpc) is 3.46. The maximum Gasteiger partial charge on any atom is 0.272 e. The minimum absolute atomic E-state index is 0.120. The highest BCUT2D eigenvalue weighted by Gasteiger charge is 2.31. The van der Waals surface area contributed by atoms with Crippen LogP contribution in [-0.4, -0.2) is 45.9 Å². The summed E-state index contributed by atoms with van der Waals surface area (Å²) in [7, 11) is 1.83. The van der Waals surface area contributed by atoms with Crippen LogP contribution < -0.4 is 19.5 Å². The molecule has 3 heterocycles. The first-order valence-electron chi connectivity index (χ1n) is 11.2. The van der Waals surface area contributed by atoms with Crippen LogP contribution in [-0.2, 0) is 31.4 Å². The number of nitrogens with zero attached hydrogens (tertiary/aromatic N) is 3. The molecule has 2 aromatic carbocycles. The summed E-state index contributed by atoms with van der Waals surface area (Å²) in [4.78, 5) is 27.8. The number of nitrogens with one attached hydrogen (secondary N) is 1. The number of benzene rings is 2. The fourth-order valence-corrected chi connectivity index (χ4v) is 4.29. The van der Waals surface area contributed by atoms with E-state index in [1.165, 1.54) is 0 Å². The van der Waals surface area contributed by atoms with Crippen molar-refractivity contribution < 1.29 is 23.8 Å².